The third kappa shape index (κ3) is 6.39. The van der Waals surface area contributed by atoms with Gasteiger partial charge in [-0.05, 0) is 39.0 Å². The summed E-state index contributed by atoms with van der Waals surface area (Å²) in [5, 5.41) is 5.05. The van der Waals surface area contributed by atoms with Crippen LogP contribution in [0.2, 0.25) is 0 Å². The van der Waals surface area contributed by atoms with Gasteiger partial charge in [0.2, 0.25) is 10.0 Å². The van der Waals surface area contributed by atoms with E-state index in [1.54, 1.807) is 12.1 Å². The van der Waals surface area contributed by atoms with E-state index in [1.807, 2.05) is 20.8 Å². The molecule has 0 unspecified atom stereocenters. The van der Waals surface area contributed by atoms with E-state index in [-0.39, 0.29) is 10.5 Å². The van der Waals surface area contributed by atoms with E-state index < -0.39 is 10.0 Å². The monoisotopic (exact) mass is 281 g/mol. The fourth-order valence-corrected chi connectivity index (χ4v) is 1.88. The first kappa shape index (κ1) is 15.7. The Balaban J connectivity index is 2.64. The van der Waals surface area contributed by atoms with Crippen LogP contribution in [0, 0.1) is 11.8 Å². The molecule has 0 bridgehead atoms. The van der Waals surface area contributed by atoms with Crippen molar-refractivity contribution in [3.8, 4) is 11.8 Å². The molecule has 19 heavy (non-hydrogen) atoms. The zero-order chi connectivity index (χ0) is 14.5. The van der Waals surface area contributed by atoms with Crippen molar-refractivity contribution in [2.45, 2.75) is 37.7 Å². The number of hydrogen-bond acceptors (Lipinski definition) is 3. The molecular weight excluding hydrogens is 262 g/mol. The third-order valence-corrected chi connectivity index (χ3v) is 3.07. The fraction of sp³-hybridized carbons (Fsp3) is 0.429. The van der Waals surface area contributed by atoms with E-state index in [0.29, 0.717) is 18.6 Å². The smallest absolute Gasteiger partial charge is 0.238 e. The summed E-state index contributed by atoms with van der Waals surface area (Å²) < 4.78 is 27.9. The number of ether oxygens (including phenoxy) is 1. The molecule has 2 N–H and O–H groups in total. The van der Waals surface area contributed by atoms with Crippen LogP contribution in [0.25, 0.3) is 0 Å². The second-order valence-corrected chi connectivity index (χ2v) is 6.65. The summed E-state index contributed by atoms with van der Waals surface area (Å²) in [7, 11) is -3.67. The van der Waals surface area contributed by atoms with Crippen LogP contribution in [0.4, 0.5) is 0 Å². The van der Waals surface area contributed by atoms with Gasteiger partial charge in [-0.1, -0.05) is 17.9 Å². The van der Waals surface area contributed by atoms with Crippen LogP contribution in [-0.4, -0.2) is 20.6 Å². The van der Waals surface area contributed by atoms with E-state index >= 15 is 0 Å². The molecule has 5 heteroatoms. The molecule has 0 amide bonds. The standard InChI is InChI=1S/C14H19NO3S/c1-14(2,3)18-10-5-4-7-12-8-6-9-13(11-12)19(15,16)17/h6,8-9,11H,5,10H2,1-3H3,(H2,15,16,17). The lowest BCUT2D eigenvalue weighted by Crippen LogP contribution is -2.19. The van der Waals surface area contributed by atoms with Crippen molar-refractivity contribution < 1.29 is 13.2 Å². The van der Waals surface area contributed by atoms with Crippen molar-refractivity contribution in [1.29, 1.82) is 0 Å². The highest BCUT2D eigenvalue weighted by Crippen LogP contribution is 2.09. The number of sulfonamides is 1. The van der Waals surface area contributed by atoms with E-state index in [2.05, 4.69) is 11.8 Å². The highest BCUT2D eigenvalue weighted by atomic mass is 32.2. The first-order valence-corrected chi connectivity index (χ1v) is 7.49. The van der Waals surface area contributed by atoms with Crippen LogP contribution in [0.5, 0.6) is 0 Å². The van der Waals surface area contributed by atoms with Gasteiger partial charge < -0.3 is 4.74 Å². The number of nitrogens with two attached hydrogens (primary N) is 1. The molecule has 0 fully saturated rings. The molecule has 0 saturated heterocycles. The predicted octanol–water partition coefficient (Wildman–Crippen LogP) is 1.89. The van der Waals surface area contributed by atoms with Crippen molar-refractivity contribution >= 4 is 10.0 Å². The Morgan fingerprint density at radius 3 is 2.58 bits per heavy atom. The van der Waals surface area contributed by atoms with Crippen LogP contribution < -0.4 is 5.14 Å². The Bertz CT molecular complexity index is 589. The minimum Gasteiger partial charge on any atom is -0.375 e. The van der Waals surface area contributed by atoms with Crippen LogP contribution in [-0.2, 0) is 14.8 Å². The van der Waals surface area contributed by atoms with Crippen molar-refractivity contribution in [3.63, 3.8) is 0 Å². The number of rotatable bonds is 3. The molecule has 0 spiro atoms. The summed E-state index contributed by atoms with van der Waals surface area (Å²) >= 11 is 0. The quantitative estimate of drug-likeness (QED) is 0.679. The van der Waals surface area contributed by atoms with Crippen molar-refractivity contribution in [2.24, 2.45) is 5.14 Å². The molecule has 1 rings (SSSR count). The molecule has 0 heterocycles. The molecule has 4 nitrogen and oxygen atoms in total. The molecule has 0 aliphatic heterocycles. The summed E-state index contributed by atoms with van der Waals surface area (Å²) in [5.74, 6) is 5.84. The van der Waals surface area contributed by atoms with Gasteiger partial charge in [0.25, 0.3) is 0 Å². The molecule has 0 atom stereocenters. The summed E-state index contributed by atoms with van der Waals surface area (Å²) in [6.45, 7) is 6.49. The van der Waals surface area contributed by atoms with E-state index in [4.69, 9.17) is 9.88 Å². The Morgan fingerprint density at radius 1 is 1.32 bits per heavy atom. The van der Waals surface area contributed by atoms with Crippen LogP contribution in [0.15, 0.2) is 29.2 Å². The molecule has 104 valence electrons. The minimum absolute atomic E-state index is 0.0743. The normalized spacial score (nSPS) is 11.8. The predicted molar refractivity (Wildman–Crippen MR) is 75.0 cm³/mol. The third-order valence-electron chi connectivity index (χ3n) is 2.16. The van der Waals surface area contributed by atoms with E-state index in [1.165, 1.54) is 12.1 Å². The summed E-state index contributed by atoms with van der Waals surface area (Å²) in [6, 6.07) is 6.28. The first-order chi connectivity index (χ1) is 8.68. The Hall–Kier alpha value is -1.35. The lowest BCUT2D eigenvalue weighted by atomic mass is 10.2. The van der Waals surface area contributed by atoms with Crippen molar-refractivity contribution in [2.75, 3.05) is 6.61 Å². The van der Waals surface area contributed by atoms with Crippen LogP contribution >= 0.6 is 0 Å². The van der Waals surface area contributed by atoms with Gasteiger partial charge in [0, 0.05) is 12.0 Å². The molecule has 1 aromatic carbocycles. The topological polar surface area (TPSA) is 69.4 Å². The molecule has 0 radical (unpaired) electrons. The van der Waals surface area contributed by atoms with Gasteiger partial charge in [0.05, 0.1) is 17.1 Å². The Morgan fingerprint density at radius 2 is 2.00 bits per heavy atom. The van der Waals surface area contributed by atoms with Gasteiger partial charge in [-0.2, -0.15) is 0 Å². The summed E-state index contributed by atoms with van der Waals surface area (Å²) in [5.41, 5.74) is 0.456. The summed E-state index contributed by atoms with van der Waals surface area (Å²) in [6.07, 6.45) is 0.594. The number of primary sulfonamides is 1. The maximum atomic E-state index is 11.2. The van der Waals surface area contributed by atoms with Crippen LogP contribution in [0.3, 0.4) is 0 Å². The lowest BCUT2D eigenvalue weighted by Gasteiger charge is -2.18. The van der Waals surface area contributed by atoms with Gasteiger partial charge in [-0.25, -0.2) is 13.6 Å². The average Bonchev–Trinajstić information content (AvgIpc) is 2.26. The van der Waals surface area contributed by atoms with Gasteiger partial charge in [0.15, 0.2) is 0 Å². The number of benzene rings is 1. The second-order valence-electron chi connectivity index (χ2n) is 5.09. The second kappa shape index (κ2) is 6.20. The maximum absolute atomic E-state index is 11.2. The van der Waals surface area contributed by atoms with Gasteiger partial charge in [-0.3, -0.25) is 0 Å². The first-order valence-electron chi connectivity index (χ1n) is 5.94. The fourth-order valence-electron chi connectivity index (χ4n) is 1.32. The lowest BCUT2D eigenvalue weighted by molar-refractivity contribution is 0.000599. The van der Waals surface area contributed by atoms with E-state index in [9.17, 15) is 8.42 Å². The highest BCUT2D eigenvalue weighted by molar-refractivity contribution is 7.89. The van der Waals surface area contributed by atoms with Crippen molar-refractivity contribution in [1.82, 2.24) is 0 Å². The molecule has 0 aliphatic carbocycles. The summed E-state index contributed by atoms with van der Waals surface area (Å²) in [4.78, 5) is 0.0743. The molecule has 0 aromatic heterocycles. The largest absolute Gasteiger partial charge is 0.375 e. The Labute approximate surface area is 115 Å². The van der Waals surface area contributed by atoms with Gasteiger partial charge >= 0.3 is 0 Å². The zero-order valence-electron chi connectivity index (χ0n) is 11.4. The molecule has 0 saturated carbocycles. The maximum Gasteiger partial charge on any atom is 0.238 e. The molecule has 1 aromatic rings. The zero-order valence-corrected chi connectivity index (χ0v) is 12.3. The number of hydrogen-bond donors (Lipinski definition) is 1. The average molecular weight is 281 g/mol. The Kier molecular flexibility index (Phi) is 5.12. The highest BCUT2D eigenvalue weighted by Gasteiger charge is 2.08. The molecular formula is C14H19NO3S. The minimum atomic E-state index is -3.67. The van der Waals surface area contributed by atoms with Gasteiger partial charge in [-0.15, -0.1) is 0 Å². The SMILES string of the molecule is CC(C)(C)OCCC#Cc1cccc(S(N)(=O)=O)c1. The molecule has 0 aliphatic rings. The van der Waals surface area contributed by atoms with Gasteiger partial charge in [0.1, 0.15) is 0 Å². The van der Waals surface area contributed by atoms with Crippen molar-refractivity contribution in [3.05, 3.63) is 29.8 Å². The van der Waals surface area contributed by atoms with E-state index in [0.717, 1.165) is 0 Å². The van der Waals surface area contributed by atoms with Crippen LogP contribution in [0.1, 0.15) is 32.8 Å².